The first-order valence-electron chi connectivity index (χ1n) is 2.49. The minimum atomic E-state index is -0.625. The second-order valence-electron chi connectivity index (χ2n) is 1.94. The van der Waals surface area contributed by atoms with Crippen molar-refractivity contribution < 1.29 is 4.79 Å². The number of carbonyl (C=O) groups excluding carboxylic acids is 1. The Bertz CT molecular complexity index is 148. The number of hydrogen-bond acceptors (Lipinski definition) is 2. The molecule has 1 amide bonds. The lowest BCUT2D eigenvalue weighted by Gasteiger charge is -2.12. The standard InChI is InChI=1S/C4H6Br2N2O/c1-2-4(5,6)3(9)8-7-2/h2,7H,1H3,(H,8,9). The summed E-state index contributed by atoms with van der Waals surface area (Å²) in [7, 11) is 0. The molecule has 52 valence electrons. The van der Waals surface area contributed by atoms with Crippen molar-refractivity contribution in [1.82, 2.24) is 10.9 Å². The number of nitrogens with one attached hydrogen (secondary N) is 2. The van der Waals surface area contributed by atoms with E-state index in [-0.39, 0.29) is 11.9 Å². The van der Waals surface area contributed by atoms with E-state index in [1.165, 1.54) is 0 Å². The molecule has 1 unspecified atom stereocenters. The molecule has 1 aliphatic rings. The zero-order chi connectivity index (χ0) is 7.07. The van der Waals surface area contributed by atoms with Gasteiger partial charge in [0.25, 0.3) is 5.91 Å². The van der Waals surface area contributed by atoms with E-state index in [1.807, 2.05) is 6.92 Å². The maximum absolute atomic E-state index is 10.8. The molecule has 0 aromatic heterocycles. The summed E-state index contributed by atoms with van der Waals surface area (Å²) in [6.45, 7) is 1.89. The molecule has 9 heavy (non-hydrogen) atoms. The molecule has 0 saturated carbocycles. The highest BCUT2D eigenvalue weighted by Crippen LogP contribution is 2.32. The van der Waals surface area contributed by atoms with E-state index in [4.69, 9.17) is 0 Å². The fraction of sp³-hybridized carbons (Fsp3) is 0.750. The molecule has 1 rings (SSSR count). The molecule has 0 aliphatic carbocycles. The molecule has 1 fully saturated rings. The Hall–Kier alpha value is 0.390. The summed E-state index contributed by atoms with van der Waals surface area (Å²) < 4.78 is -0.625. The van der Waals surface area contributed by atoms with Crippen molar-refractivity contribution in [3.8, 4) is 0 Å². The number of carbonyl (C=O) groups is 1. The number of alkyl halides is 2. The molecule has 0 radical (unpaired) electrons. The molecule has 1 atom stereocenters. The third kappa shape index (κ3) is 1.13. The van der Waals surface area contributed by atoms with E-state index < -0.39 is 3.23 Å². The van der Waals surface area contributed by atoms with Crippen molar-refractivity contribution in [2.75, 3.05) is 0 Å². The monoisotopic (exact) mass is 256 g/mol. The topological polar surface area (TPSA) is 41.1 Å². The van der Waals surface area contributed by atoms with E-state index in [9.17, 15) is 4.79 Å². The summed E-state index contributed by atoms with van der Waals surface area (Å²) in [5, 5.41) is 0. The maximum Gasteiger partial charge on any atom is 0.263 e. The van der Waals surface area contributed by atoms with Crippen molar-refractivity contribution in [2.45, 2.75) is 16.2 Å². The average molecular weight is 258 g/mol. The third-order valence-electron chi connectivity index (χ3n) is 1.25. The fourth-order valence-electron chi connectivity index (χ4n) is 0.544. The van der Waals surface area contributed by atoms with Crippen molar-refractivity contribution in [1.29, 1.82) is 0 Å². The molecule has 1 heterocycles. The summed E-state index contributed by atoms with van der Waals surface area (Å²) in [6.07, 6.45) is 0. The Morgan fingerprint density at radius 1 is 1.67 bits per heavy atom. The summed E-state index contributed by atoms with van der Waals surface area (Å²) in [5.41, 5.74) is 5.24. The SMILES string of the molecule is CC1NNC(=O)C1(Br)Br. The smallest absolute Gasteiger partial charge is 0.263 e. The zero-order valence-electron chi connectivity index (χ0n) is 4.74. The minimum absolute atomic E-state index is 0.0602. The van der Waals surface area contributed by atoms with Gasteiger partial charge in [-0.3, -0.25) is 10.2 Å². The Kier molecular flexibility index (Phi) is 1.84. The van der Waals surface area contributed by atoms with Crippen LogP contribution in [0.3, 0.4) is 0 Å². The number of hydrogen-bond donors (Lipinski definition) is 2. The van der Waals surface area contributed by atoms with E-state index in [2.05, 4.69) is 42.7 Å². The van der Waals surface area contributed by atoms with E-state index in [1.54, 1.807) is 0 Å². The van der Waals surface area contributed by atoms with Crippen molar-refractivity contribution in [3.05, 3.63) is 0 Å². The summed E-state index contributed by atoms with van der Waals surface area (Å²) in [6, 6.07) is 0.0602. The van der Waals surface area contributed by atoms with E-state index in [0.29, 0.717) is 0 Å². The van der Waals surface area contributed by atoms with Gasteiger partial charge in [-0.05, 0) is 6.92 Å². The summed E-state index contributed by atoms with van der Waals surface area (Å²) in [5.74, 6) is -0.0880. The first kappa shape index (κ1) is 7.50. The first-order valence-corrected chi connectivity index (χ1v) is 4.07. The minimum Gasteiger partial charge on any atom is -0.289 e. The van der Waals surface area contributed by atoms with Crippen LogP contribution in [0.1, 0.15) is 6.92 Å². The lowest BCUT2D eigenvalue weighted by molar-refractivity contribution is -0.119. The van der Waals surface area contributed by atoms with Crippen LogP contribution in [-0.4, -0.2) is 15.2 Å². The molecule has 0 aromatic carbocycles. The highest BCUT2D eigenvalue weighted by molar-refractivity contribution is 9.26. The van der Waals surface area contributed by atoms with Gasteiger partial charge in [0.1, 0.15) is 0 Å². The molecule has 1 saturated heterocycles. The van der Waals surface area contributed by atoms with Gasteiger partial charge in [-0.15, -0.1) is 0 Å². The molecule has 0 bridgehead atoms. The maximum atomic E-state index is 10.8. The van der Waals surface area contributed by atoms with Gasteiger partial charge >= 0.3 is 0 Å². The van der Waals surface area contributed by atoms with Crippen LogP contribution in [0.15, 0.2) is 0 Å². The number of hydrazine groups is 1. The molecular weight excluding hydrogens is 252 g/mol. The third-order valence-corrected chi connectivity index (χ3v) is 3.34. The molecule has 3 nitrogen and oxygen atoms in total. The van der Waals surface area contributed by atoms with Gasteiger partial charge in [0.2, 0.25) is 0 Å². The Balaban J connectivity index is 2.78. The van der Waals surface area contributed by atoms with Crippen molar-refractivity contribution in [2.24, 2.45) is 0 Å². The van der Waals surface area contributed by atoms with E-state index in [0.717, 1.165) is 0 Å². The first-order chi connectivity index (χ1) is 4.05. The highest BCUT2D eigenvalue weighted by Gasteiger charge is 2.43. The van der Waals surface area contributed by atoms with Gasteiger partial charge < -0.3 is 0 Å². The highest BCUT2D eigenvalue weighted by atomic mass is 79.9. The quantitative estimate of drug-likeness (QED) is 0.621. The second-order valence-corrected chi connectivity index (χ2v) is 5.51. The van der Waals surface area contributed by atoms with E-state index >= 15 is 0 Å². The average Bonchev–Trinajstić information content (AvgIpc) is 1.96. The van der Waals surface area contributed by atoms with Gasteiger partial charge in [0, 0.05) is 0 Å². The number of rotatable bonds is 0. The summed E-state index contributed by atoms with van der Waals surface area (Å²) in [4.78, 5) is 10.8. The van der Waals surface area contributed by atoms with Crippen LogP contribution in [-0.2, 0) is 4.79 Å². The lowest BCUT2D eigenvalue weighted by Crippen LogP contribution is -2.32. The number of halogens is 2. The molecule has 2 N–H and O–H groups in total. The predicted molar refractivity (Wildman–Crippen MR) is 41.3 cm³/mol. The summed E-state index contributed by atoms with van der Waals surface area (Å²) >= 11 is 6.43. The molecular formula is C4H6Br2N2O. The number of amides is 1. The molecule has 0 aromatic rings. The van der Waals surface area contributed by atoms with Crippen LogP contribution in [0, 0.1) is 0 Å². The van der Waals surface area contributed by atoms with Crippen molar-refractivity contribution in [3.63, 3.8) is 0 Å². The Morgan fingerprint density at radius 2 is 2.22 bits per heavy atom. The molecule has 0 spiro atoms. The van der Waals surface area contributed by atoms with Gasteiger partial charge in [0.15, 0.2) is 3.23 Å². The van der Waals surface area contributed by atoms with Gasteiger partial charge in [-0.2, -0.15) is 0 Å². The Morgan fingerprint density at radius 3 is 2.33 bits per heavy atom. The Labute approximate surface area is 69.8 Å². The van der Waals surface area contributed by atoms with Crippen LogP contribution in [0.4, 0.5) is 0 Å². The molecule has 1 aliphatic heterocycles. The van der Waals surface area contributed by atoms with Gasteiger partial charge in [-0.1, -0.05) is 31.9 Å². The van der Waals surface area contributed by atoms with Gasteiger partial charge in [-0.25, -0.2) is 5.43 Å². The van der Waals surface area contributed by atoms with Crippen molar-refractivity contribution >= 4 is 37.8 Å². The second kappa shape index (κ2) is 2.21. The lowest BCUT2D eigenvalue weighted by atomic mass is 10.3. The molecule has 5 heteroatoms. The van der Waals surface area contributed by atoms with Crippen LogP contribution in [0.5, 0.6) is 0 Å². The van der Waals surface area contributed by atoms with Crippen LogP contribution < -0.4 is 10.9 Å². The van der Waals surface area contributed by atoms with Crippen LogP contribution >= 0.6 is 31.9 Å². The fourth-order valence-corrected chi connectivity index (χ4v) is 0.972. The largest absolute Gasteiger partial charge is 0.289 e. The normalized spacial score (nSPS) is 32.3. The van der Waals surface area contributed by atoms with Crippen LogP contribution in [0.25, 0.3) is 0 Å². The van der Waals surface area contributed by atoms with Gasteiger partial charge in [0.05, 0.1) is 6.04 Å². The zero-order valence-corrected chi connectivity index (χ0v) is 7.91. The predicted octanol–water partition coefficient (Wildman–Crippen LogP) is 0.495. The van der Waals surface area contributed by atoms with Crippen LogP contribution in [0.2, 0.25) is 0 Å².